The third-order valence-corrected chi connectivity index (χ3v) is 5.28. The Hall–Kier alpha value is -2.34. The van der Waals surface area contributed by atoms with Crippen LogP contribution in [0.15, 0.2) is 53.4 Å². The minimum Gasteiger partial charge on any atom is -0.354 e. The topological polar surface area (TPSA) is 58.2 Å². The van der Waals surface area contributed by atoms with Crippen molar-refractivity contribution in [1.29, 1.82) is 0 Å². The molecule has 4 nitrogen and oxygen atoms in total. The maximum Gasteiger partial charge on any atom is 0.250 e. The van der Waals surface area contributed by atoms with E-state index >= 15 is 0 Å². The van der Waals surface area contributed by atoms with Crippen LogP contribution < -0.4 is 10.6 Å². The number of fused-ring (bicyclic) bond motifs is 1. The number of halogens is 1. The number of amides is 2. The molecule has 0 radical (unpaired) electrons. The SMILES string of the molecule is CC1(C(=O)NCCc2ccc(F)cc2)Sc2ccccc2NC1=O. The van der Waals surface area contributed by atoms with E-state index in [0.29, 0.717) is 13.0 Å². The predicted octanol–water partition coefficient (Wildman–Crippen LogP) is 2.99. The van der Waals surface area contributed by atoms with Gasteiger partial charge >= 0.3 is 0 Å². The summed E-state index contributed by atoms with van der Waals surface area (Å²) in [6.45, 7) is 2.01. The molecule has 3 rings (SSSR count). The van der Waals surface area contributed by atoms with Gasteiger partial charge in [-0.3, -0.25) is 9.59 Å². The minimum atomic E-state index is -1.21. The first-order valence-corrected chi connectivity index (χ1v) is 8.43. The maximum atomic E-state index is 12.9. The number of carbonyl (C=O) groups is 2. The van der Waals surface area contributed by atoms with Gasteiger partial charge in [0.1, 0.15) is 5.82 Å². The third kappa shape index (κ3) is 3.28. The van der Waals surface area contributed by atoms with E-state index in [0.717, 1.165) is 16.1 Å². The fraction of sp³-hybridized carbons (Fsp3) is 0.222. The Balaban J connectivity index is 1.63. The quantitative estimate of drug-likeness (QED) is 0.839. The van der Waals surface area contributed by atoms with Crippen molar-refractivity contribution >= 4 is 29.3 Å². The molecule has 2 amide bonds. The van der Waals surface area contributed by atoms with Crippen molar-refractivity contribution in [3.05, 3.63) is 59.9 Å². The molecule has 24 heavy (non-hydrogen) atoms. The zero-order chi connectivity index (χ0) is 17.2. The van der Waals surface area contributed by atoms with Gasteiger partial charge in [0.25, 0.3) is 0 Å². The van der Waals surface area contributed by atoms with Crippen molar-refractivity contribution in [3.8, 4) is 0 Å². The van der Waals surface area contributed by atoms with E-state index < -0.39 is 4.75 Å². The molecule has 0 aromatic heterocycles. The highest BCUT2D eigenvalue weighted by Crippen LogP contribution is 2.42. The third-order valence-electron chi connectivity index (χ3n) is 3.93. The summed E-state index contributed by atoms with van der Waals surface area (Å²) in [5.41, 5.74) is 1.65. The number of benzene rings is 2. The van der Waals surface area contributed by atoms with E-state index in [4.69, 9.17) is 0 Å². The van der Waals surface area contributed by atoms with Gasteiger partial charge in [-0.1, -0.05) is 36.0 Å². The molecule has 0 saturated carbocycles. The molecule has 0 saturated heterocycles. The molecule has 0 spiro atoms. The van der Waals surface area contributed by atoms with Gasteiger partial charge in [-0.15, -0.1) is 0 Å². The average molecular weight is 344 g/mol. The second-order valence-corrected chi connectivity index (χ2v) is 7.18. The molecular weight excluding hydrogens is 327 g/mol. The Kier molecular flexibility index (Phi) is 4.57. The fourth-order valence-electron chi connectivity index (χ4n) is 2.46. The molecule has 124 valence electrons. The second-order valence-electron chi connectivity index (χ2n) is 5.72. The van der Waals surface area contributed by atoms with E-state index in [-0.39, 0.29) is 17.6 Å². The Morgan fingerprint density at radius 1 is 1.21 bits per heavy atom. The predicted molar refractivity (Wildman–Crippen MR) is 92.4 cm³/mol. The van der Waals surface area contributed by atoms with E-state index in [1.807, 2.05) is 24.3 Å². The number of hydrogen-bond donors (Lipinski definition) is 2. The minimum absolute atomic E-state index is 0.288. The second kappa shape index (κ2) is 6.65. The summed E-state index contributed by atoms with van der Waals surface area (Å²) in [7, 11) is 0. The molecule has 1 aliphatic rings. The molecular formula is C18H17FN2O2S. The fourth-order valence-corrected chi connectivity index (χ4v) is 3.58. The summed E-state index contributed by atoms with van der Waals surface area (Å²) in [5, 5.41) is 5.59. The first kappa shape index (κ1) is 16.5. The van der Waals surface area contributed by atoms with Crippen LogP contribution in [0.5, 0.6) is 0 Å². The van der Waals surface area contributed by atoms with E-state index in [1.165, 1.54) is 23.9 Å². The molecule has 2 aromatic rings. The van der Waals surface area contributed by atoms with Gasteiger partial charge < -0.3 is 10.6 Å². The Morgan fingerprint density at radius 2 is 1.92 bits per heavy atom. The Bertz CT molecular complexity index is 779. The number of nitrogens with one attached hydrogen (secondary N) is 2. The highest BCUT2D eigenvalue weighted by molar-refractivity contribution is 8.02. The van der Waals surface area contributed by atoms with Crippen LogP contribution in [-0.4, -0.2) is 23.1 Å². The van der Waals surface area contributed by atoms with Gasteiger partial charge in [-0.05, 0) is 43.2 Å². The highest BCUT2D eigenvalue weighted by atomic mass is 32.2. The van der Waals surface area contributed by atoms with Crippen molar-refractivity contribution in [3.63, 3.8) is 0 Å². The van der Waals surface area contributed by atoms with Crippen LogP contribution >= 0.6 is 11.8 Å². The van der Waals surface area contributed by atoms with Gasteiger partial charge in [0.2, 0.25) is 11.8 Å². The molecule has 2 N–H and O–H groups in total. The first-order chi connectivity index (χ1) is 11.5. The summed E-state index contributed by atoms with van der Waals surface area (Å²) >= 11 is 1.25. The van der Waals surface area contributed by atoms with Gasteiger partial charge in [0.15, 0.2) is 4.75 Å². The summed E-state index contributed by atoms with van der Waals surface area (Å²) in [4.78, 5) is 25.8. The van der Waals surface area contributed by atoms with Crippen molar-refractivity contribution < 1.29 is 14.0 Å². The molecule has 0 aliphatic carbocycles. The summed E-state index contributed by atoms with van der Waals surface area (Å²) in [5.74, 6) is -0.948. The Labute approximate surface area is 143 Å². The van der Waals surface area contributed by atoms with Crippen molar-refractivity contribution in [2.45, 2.75) is 23.0 Å². The number of anilines is 1. The summed E-state index contributed by atoms with van der Waals surface area (Å²) in [6.07, 6.45) is 0.574. The van der Waals surface area contributed by atoms with Crippen molar-refractivity contribution in [2.75, 3.05) is 11.9 Å². The largest absolute Gasteiger partial charge is 0.354 e. The van der Waals surface area contributed by atoms with Crippen LogP contribution in [0.25, 0.3) is 0 Å². The normalized spacial score (nSPS) is 19.3. The zero-order valence-electron chi connectivity index (χ0n) is 13.1. The molecule has 2 aromatic carbocycles. The first-order valence-electron chi connectivity index (χ1n) is 7.61. The standard InChI is InChI=1S/C18H17FN2O2S/c1-18(17(23)21-14-4-2-3-5-15(14)24-18)16(22)20-11-10-12-6-8-13(19)9-7-12/h2-9H,10-11H2,1H3,(H,20,22)(H,21,23). The smallest absolute Gasteiger partial charge is 0.250 e. The average Bonchev–Trinajstić information content (AvgIpc) is 2.57. The van der Waals surface area contributed by atoms with Crippen LogP contribution in [0, 0.1) is 5.82 Å². The number of para-hydroxylation sites is 1. The lowest BCUT2D eigenvalue weighted by molar-refractivity contribution is -0.129. The van der Waals surface area contributed by atoms with E-state index in [1.54, 1.807) is 19.1 Å². The highest BCUT2D eigenvalue weighted by Gasteiger charge is 2.45. The van der Waals surface area contributed by atoms with Crippen molar-refractivity contribution in [1.82, 2.24) is 5.32 Å². The van der Waals surface area contributed by atoms with E-state index in [9.17, 15) is 14.0 Å². The van der Waals surface area contributed by atoms with Crippen LogP contribution in [0.1, 0.15) is 12.5 Å². The van der Waals surface area contributed by atoms with Crippen LogP contribution in [0.3, 0.4) is 0 Å². The lowest BCUT2D eigenvalue weighted by atomic mass is 10.1. The van der Waals surface area contributed by atoms with Crippen LogP contribution in [0.4, 0.5) is 10.1 Å². The van der Waals surface area contributed by atoms with Gasteiger partial charge in [-0.25, -0.2) is 4.39 Å². The summed E-state index contributed by atoms with van der Waals surface area (Å²) < 4.78 is 11.7. The maximum absolute atomic E-state index is 12.9. The van der Waals surface area contributed by atoms with Gasteiger partial charge in [0.05, 0.1) is 5.69 Å². The molecule has 1 atom stereocenters. The molecule has 1 heterocycles. The number of rotatable bonds is 4. The molecule has 0 bridgehead atoms. The molecule has 1 unspecified atom stereocenters. The molecule has 1 aliphatic heterocycles. The number of carbonyl (C=O) groups excluding carboxylic acids is 2. The number of thioether (sulfide) groups is 1. The molecule has 6 heteroatoms. The lowest BCUT2D eigenvalue weighted by Gasteiger charge is -2.31. The van der Waals surface area contributed by atoms with Crippen molar-refractivity contribution in [2.24, 2.45) is 0 Å². The van der Waals surface area contributed by atoms with Crippen LogP contribution in [0.2, 0.25) is 0 Å². The lowest BCUT2D eigenvalue weighted by Crippen LogP contribution is -2.52. The molecule has 0 fully saturated rings. The monoisotopic (exact) mass is 344 g/mol. The summed E-state index contributed by atoms with van der Waals surface area (Å²) in [6, 6.07) is 13.5. The zero-order valence-corrected chi connectivity index (χ0v) is 14.0. The van der Waals surface area contributed by atoms with Gasteiger partial charge in [-0.2, -0.15) is 0 Å². The van der Waals surface area contributed by atoms with Crippen LogP contribution in [-0.2, 0) is 16.0 Å². The van der Waals surface area contributed by atoms with Gasteiger partial charge in [0, 0.05) is 11.4 Å². The number of hydrogen-bond acceptors (Lipinski definition) is 3. The van der Waals surface area contributed by atoms with E-state index in [2.05, 4.69) is 10.6 Å². The Morgan fingerprint density at radius 3 is 2.67 bits per heavy atom.